The predicted octanol–water partition coefficient (Wildman–Crippen LogP) is 0.672. The molecule has 18 heavy (non-hydrogen) atoms. The van der Waals surface area contributed by atoms with Crippen molar-refractivity contribution in [3.8, 4) is 0 Å². The van der Waals surface area contributed by atoms with E-state index in [1.165, 1.54) is 18.3 Å². The second kappa shape index (κ2) is 7.39. The van der Waals surface area contributed by atoms with E-state index >= 15 is 0 Å². The number of aromatic carboxylic acids is 1. The van der Waals surface area contributed by atoms with Crippen molar-refractivity contribution in [2.75, 3.05) is 13.2 Å². The highest BCUT2D eigenvalue weighted by Crippen LogP contribution is 2.05. The summed E-state index contributed by atoms with van der Waals surface area (Å²) in [6, 6.07) is 2.82. The quantitative estimate of drug-likeness (QED) is 0.619. The van der Waals surface area contributed by atoms with Gasteiger partial charge in [0.05, 0.1) is 5.56 Å². The molecule has 0 fully saturated rings. The summed E-state index contributed by atoms with van der Waals surface area (Å²) in [5, 5.41) is 20.1. The van der Waals surface area contributed by atoms with Crippen LogP contribution in [0.15, 0.2) is 18.3 Å². The fourth-order valence-electron chi connectivity index (χ4n) is 1.46. The third-order valence-electron chi connectivity index (χ3n) is 2.37. The lowest BCUT2D eigenvalue weighted by Crippen LogP contribution is -2.27. The van der Waals surface area contributed by atoms with Gasteiger partial charge in [-0.3, -0.25) is 9.78 Å². The van der Waals surface area contributed by atoms with Gasteiger partial charge in [0.15, 0.2) is 0 Å². The number of carboxylic acids is 1. The third-order valence-corrected chi connectivity index (χ3v) is 2.37. The number of unbranched alkanes of at least 4 members (excludes halogenated alkanes) is 2. The summed E-state index contributed by atoms with van der Waals surface area (Å²) in [5.74, 6) is -1.66. The monoisotopic (exact) mass is 252 g/mol. The SMILES string of the molecule is O=C(O)c1cccnc1C(=O)NCCCCCO. The first-order valence-electron chi connectivity index (χ1n) is 5.74. The number of carbonyl (C=O) groups excluding carboxylic acids is 1. The van der Waals surface area contributed by atoms with E-state index in [9.17, 15) is 9.59 Å². The maximum Gasteiger partial charge on any atom is 0.338 e. The smallest absolute Gasteiger partial charge is 0.338 e. The van der Waals surface area contributed by atoms with Crippen LogP contribution in [0.1, 0.15) is 40.1 Å². The van der Waals surface area contributed by atoms with E-state index in [0.29, 0.717) is 13.0 Å². The fraction of sp³-hybridized carbons (Fsp3) is 0.417. The Labute approximate surface area is 105 Å². The number of pyridine rings is 1. The van der Waals surface area contributed by atoms with E-state index in [1.807, 2.05) is 0 Å². The molecule has 0 aliphatic rings. The van der Waals surface area contributed by atoms with Crippen LogP contribution in [0.4, 0.5) is 0 Å². The highest BCUT2D eigenvalue weighted by Gasteiger charge is 2.16. The Morgan fingerprint density at radius 1 is 1.28 bits per heavy atom. The van der Waals surface area contributed by atoms with Crippen LogP contribution in [-0.2, 0) is 0 Å². The first-order valence-corrected chi connectivity index (χ1v) is 5.74. The molecule has 0 aliphatic heterocycles. The van der Waals surface area contributed by atoms with Crippen molar-refractivity contribution in [2.24, 2.45) is 0 Å². The lowest BCUT2D eigenvalue weighted by Gasteiger charge is -2.06. The van der Waals surface area contributed by atoms with Crippen LogP contribution in [-0.4, -0.2) is 40.2 Å². The number of nitrogens with one attached hydrogen (secondary N) is 1. The number of aliphatic hydroxyl groups excluding tert-OH is 1. The maximum atomic E-state index is 11.7. The van der Waals surface area contributed by atoms with Crippen molar-refractivity contribution in [1.82, 2.24) is 10.3 Å². The van der Waals surface area contributed by atoms with Gasteiger partial charge in [-0.15, -0.1) is 0 Å². The van der Waals surface area contributed by atoms with Gasteiger partial charge in [-0.2, -0.15) is 0 Å². The molecule has 1 amide bonds. The van der Waals surface area contributed by atoms with Gasteiger partial charge in [0, 0.05) is 19.3 Å². The lowest BCUT2D eigenvalue weighted by molar-refractivity contribution is 0.0690. The maximum absolute atomic E-state index is 11.7. The van der Waals surface area contributed by atoms with Gasteiger partial charge < -0.3 is 15.5 Å². The minimum absolute atomic E-state index is 0.0767. The van der Waals surface area contributed by atoms with E-state index in [2.05, 4.69) is 10.3 Å². The molecule has 0 radical (unpaired) electrons. The molecule has 1 heterocycles. The number of aromatic nitrogens is 1. The van der Waals surface area contributed by atoms with Crippen molar-refractivity contribution in [2.45, 2.75) is 19.3 Å². The summed E-state index contributed by atoms with van der Waals surface area (Å²) >= 11 is 0. The Morgan fingerprint density at radius 2 is 2.06 bits per heavy atom. The minimum atomic E-state index is -1.17. The van der Waals surface area contributed by atoms with Crippen LogP contribution >= 0.6 is 0 Å². The van der Waals surface area contributed by atoms with Gasteiger partial charge in [0.2, 0.25) is 0 Å². The normalized spacial score (nSPS) is 10.1. The molecular formula is C12H16N2O4. The zero-order valence-corrected chi connectivity index (χ0v) is 9.93. The predicted molar refractivity (Wildman–Crippen MR) is 64.5 cm³/mol. The zero-order chi connectivity index (χ0) is 13.4. The van der Waals surface area contributed by atoms with E-state index < -0.39 is 11.9 Å². The van der Waals surface area contributed by atoms with Crippen molar-refractivity contribution >= 4 is 11.9 Å². The summed E-state index contributed by atoms with van der Waals surface area (Å²) in [5.41, 5.74) is -0.183. The number of rotatable bonds is 7. The topological polar surface area (TPSA) is 99.5 Å². The first kappa shape index (κ1) is 14.1. The molecule has 0 unspecified atom stereocenters. The second-order valence-corrected chi connectivity index (χ2v) is 3.74. The van der Waals surface area contributed by atoms with Gasteiger partial charge in [0.25, 0.3) is 5.91 Å². The van der Waals surface area contributed by atoms with Crippen LogP contribution in [0.3, 0.4) is 0 Å². The molecule has 6 heteroatoms. The van der Waals surface area contributed by atoms with Crippen molar-refractivity contribution in [3.05, 3.63) is 29.6 Å². The van der Waals surface area contributed by atoms with E-state index in [4.69, 9.17) is 10.2 Å². The van der Waals surface area contributed by atoms with Crippen molar-refractivity contribution in [1.29, 1.82) is 0 Å². The molecule has 0 atom stereocenters. The number of hydrogen-bond donors (Lipinski definition) is 3. The standard InChI is InChI=1S/C12H16N2O4/c15-8-3-1-2-6-14-11(16)10-9(12(17)18)5-4-7-13-10/h4-5,7,15H,1-3,6,8H2,(H,14,16)(H,17,18). The third kappa shape index (κ3) is 4.14. The lowest BCUT2D eigenvalue weighted by atomic mass is 10.2. The van der Waals surface area contributed by atoms with E-state index in [0.717, 1.165) is 12.8 Å². The van der Waals surface area contributed by atoms with E-state index in [-0.39, 0.29) is 17.9 Å². The fourth-order valence-corrected chi connectivity index (χ4v) is 1.46. The summed E-state index contributed by atoms with van der Waals surface area (Å²) in [7, 11) is 0. The minimum Gasteiger partial charge on any atom is -0.478 e. The zero-order valence-electron chi connectivity index (χ0n) is 9.93. The molecule has 0 saturated carbocycles. The molecule has 0 aliphatic carbocycles. The van der Waals surface area contributed by atoms with Crippen LogP contribution in [0, 0.1) is 0 Å². The van der Waals surface area contributed by atoms with Crippen LogP contribution in [0.5, 0.6) is 0 Å². The van der Waals surface area contributed by atoms with Crippen molar-refractivity contribution in [3.63, 3.8) is 0 Å². The first-order chi connectivity index (χ1) is 8.66. The summed E-state index contributed by atoms with van der Waals surface area (Å²) in [4.78, 5) is 26.4. The Kier molecular flexibility index (Phi) is 5.79. The van der Waals surface area contributed by atoms with Gasteiger partial charge in [0.1, 0.15) is 5.69 Å². The van der Waals surface area contributed by atoms with Gasteiger partial charge in [-0.1, -0.05) is 0 Å². The number of nitrogens with zero attached hydrogens (tertiary/aromatic N) is 1. The molecule has 1 aromatic rings. The summed E-state index contributed by atoms with van der Waals surface area (Å²) in [6.07, 6.45) is 3.62. The van der Waals surface area contributed by atoms with Crippen LogP contribution in [0.25, 0.3) is 0 Å². The molecule has 0 spiro atoms. The number of aliphatic hydroxyl groups is 1. The molecule has 0 saturated heterocycles. The number of amides is 1. The average Bonchev–Trinajstić information content (AvgIpc) is 2.38. The average molecular weight is 252 g/mol. The van der Waals surface area contributed by atoms with Crippen LogP contribution < -0.4 is 5.32 Å². The van der Waals surface area contributed by atoms with E-state index in [1.54, 1.807) is 0 Å². The Balaban J connectivity index is 2.54. The molecule has 98 valence electrons. The second-order valence-electron chi connectivity index (χ2n) is 3.74. The number of carboxylic acid groups (broad SMARTS) is 1. The highest BCUT2D eigenvalue weighted by atomic mass is 16.4. The summed E-state index contributed by atoms with van der Waals surface area (Å²) in [6.45, 7) is 0.575. The molecule has 3 N–H and O–H groups in total. The molecule has 1 aromatic heterocycles. The molecular weight excluding hydrogens is 236 g/mol. The largest absolute Gasteiger partial charge is 0.478 e. The Morgan fingerprint density at radius 3 is 2.72 bits per heavy atom. The number of carbonyl (C=O) groups is 2. The van der Waals surface area contributed by atoms with Crippen LogP contribution in [0.2, 0.25) is 0 Å². The number of hydrogen-bond acceptors (Lipinski definition) is 4. The molecule has 6 nitrogen and oxygen atoms in total. The molecule has 0 aromatic carbocycles. The van der Waals surface area contributed by atoms with Gasteiger partial charge in [-0.25, -0.2) is 4.79 Å². The van der Waals surface area contributed by atoms with Gasteiger partial charge in [-0.05, 0) is 31.4 Å². The molecule has 0 bridgehead atoms. The summed E-state index contributed by atoms with van der Waals surface area (Å²) < 4.78 is 0. The Bertz CT molecular complexity index is 420. The van der Waals surface area contributed by atoms with Crippen molar-refractivity contribution < 1.29 is 19.8 Å². The molecule has 1 rings (SSSR count). The van der Waals surface area contributed by atoms with Gasteiger partial charge >= 0.3 is 5.97 Å². The Hall–Kier alpha value is -1.95. The highest BCUT2D eigenvalue weighted by molar-refractivity contribution is 6.03.